The number of unbranched alkanes of at least 4 members (excludes halogenated alkanes) is 2. The van der Waals surface area contributed by atoms with Gasteiger partial charge in [-0.15, -0.1) is 0 Å². The molecule has 0 radical (unpaired) electrons. The zero-order valence-electron chi connectivity index (χ0n) is 12.6. The molecule has 19 heavy (non-hydrogen) atoms. The second-order valence-corrected chi connectivity index (χ2v) is 6.81. The molecule has 0 N–H and O–H groups in total. The van der Waals surface area contributed by atoms with Crippen LogP contribution in [0.5, 0.6) is 0 Å². The fourth-order valence-corrected chi connectivity index (χ4v) is 3.79. The maximum Gasteiger partial charge on any atom is 0.333 e. The van der Waals surface area contributed by atoms with Gasteiger partial charge in [0.2, 0.25) is 0 Å². The zero-order chi connectivity index (χ0) is 13.9. The number of hydrogen-bond donors (Lipinski definition) is 0. The van der Waals surface area contributed by atoms with Gasteiger partial charge in [0, 0.05) is 5.57 Å². The maximum absolute atomic E-state index is 11.8. The summed E-state index contributed by atoms with van der Waals surface area (Å²) in [7, 11) is 0. The summed E-state index contributed by atoms with van der Waals surface area (Å²) in [5, 5.41) is 0. The van der Waals surface area contributed by atoms with Gasteiger partial charge in [0.15, 0.2) is 0 Å². The van der Waals surface area contributed by atoms with E-state index in [1.807, 2.05) is 0 Å². The van der Waals surface area contributed by atoms with Crippen LogP contribution < -0.4 is 0 Å². The van der Waals surface area contributed by atoms with Gasteiger partial charge in [-0.3, -0.25) is 0 Å². The predicted octanol–water partition coefficient (Wildman–Crippen LogP) is 4.78. The molecule has 0 amide bonds. The van der Waals surface area contributed by atoms with Gasteiger partial charge in [-0.05, 0) is 57.3 Å². The molecule has 0 unspecified atom stereocenters. The molecule has 3 fully saturated rings. The molecule has 0 aromatic heterocycles. The van der Waals surface area contributed by atoms with Gasteiger partial charge in [-0.1, -0.05) is 32.8 Å². The number of fused-ring (bicyclic) bond motifs is 3. The lowest BCUT2D eigenvalue weighted by molar-refractivity contribution is -0.173. The number of esters is 1. The Morgan fingerprint density at radius 3 is 2.16 bits per heavy atom. The van der Waals surface area contributed by atoms with Crippen molar-refractivity contribution < 1.29 is 9.53 Å². The first-order valence-electron chi connectivity index (χ1n) is 7.90. The van der Waals surface area contributed by atoms with Crippen molar-refractivity contribution in [1.29, 1.82) is 0 Å². The summed E-state index contributed by atoms with van der Waals surface area (Å²) in [6, 6.07) is 0. The molecule has 2 heteroatoms. The Kier molecular flexibility index (Phi) is 4.37. The molecule has 0 atom stereocenters. The highest BCUT2D eigenvalue weighted by atomic mass is 16.6. The van der Waals surface area contributed by atoms with Crippen LogP contribution in [0.15, 0.2) is 12.2 Å². The quantitative estimate of drug-likeness (QED) is 0.392. The molecular formula is C17H28O2. The molecule has 3 aliphatic carbocycles. The maximum atomic E-state index is 11.8. The normalized spacial score (nSPS) is 33.2. The highest BCUT2D eigenvalue weighted by Crippen LogP contribution is 2.56. The monoisotopic (exact) mass is 264 g/mol. The van der Waals surface area contributed by atoms with Gasteiger partial charge >= 0.3 is 5.97 Å². The smallest absolute Gasteiger partial charge is 0.333 e. The van der Waals surface area contributed by atoms with Gasteiger partial charge < -0.3 is 4.74 Å². The van der Waals surface area contributed by atoms with Gasteiger partial charge in [-0.25, -0.2) is 4.79 Å². The Morgan fingerprint density at radius 1 is 1.11 bits per heavy atom. The third-order valence-electron chi connectivity index (χ3n) is 5.30. The first-order chi connectivity index (χ1) is 9.01. The van der Waals surface area contributed by atoms with E-state index in [1.54, 1.807) is 6.92 Å². The van der Waals surface area contributed by atoms with E-state index in [-0.39, 0.29) is 11.6 Å². The van der Waals surface area contributed by atoms with E-state index in [1.165, 1.54) is 44.9 Å². The van der Waals surface area contributed by atoms with Crippen LogP contribution in [-0.2, 0) is 9.53 Å². The third-order valence-corrected chi connectivity index (χ3v) is 5.30. The Labute approximate surface area is 117 Å². The van der Waals surface area contributed by atoms with Gasteiger partial charge in [-0.2, -0.15) is 0 Å². The minimum absolute atomic E-state index is 0.150. The molecule has 3 rings (SSSR count). The Morgan fingerprint density at radius 2 is 1.68 bits per heavy atom. The van der Waals surface area contributed by atoms with Crippen LogP contribution in [0.4, 0.5) is 0 Å². The summed E-state index contributed by atoms with van der Waals surface area (Å²) in [6.07, 6.45) is 12.4. The summed E-state index contributed by atoms with van der Waals surface area (Å²) in [5.74, 6) is -0.194. The molecule has 0 spiro atoms. The van der Waals surface area contributed by atoms with Gasteiger partial charge in [0.05, 0.1) is 0 Å². The molecule has 108 valence electrons. The van der Waals surface area contributed by atoms with E-state index in [4.69, 9.17) is 4.74 Å². The lowest BCUT2D eigenvalue weighted by Gasteiger charge is -2.53. The van der Waals surface area contributed by atoms with Crippen molar-refractivity contribution in [2.45, 2.75) is 83.7 Å². The minimum atomic E-state index is -0.194. The van der Waals surface area contributed by atoms with E-state index in [2.05, 4.69) is 13.5 Å². The molecule has 0 aromatic rings. The number of ether oxygens (including phenoxy) is 1. The Balaban J connectivity index is 1.89. The van der Waals surface area contributed by atoms with Crippen LogP contribution in [0.25, 0.3) is 0 Å². The highest BCUT2D eigenvalue weighted by molar-refractivity contribution is 5.87. The van der Waals surface area contributed by atoms with Crippen LogP contribution in [-0.4, -0.2) is 11.6 Å². The standard InChI is InChI=1S/C17H28O2/c1-4-5-6-7-16-8-11-17(12-9-16,13-10-16)19-15(18)14(2)3/h2,4-13H2,1,3H3. The Bertz CT molecular complexity index is 332. The second kappa shape index (κ2) is 5.68. The Hall–Kier alpha value is -0.790. The average molecular weight is 264 g/mol. The van der Waals surface area contributed by atoms with E-state index in [0.29, 0.717) is 11.0 Å². The molecule has 3 saturated carbocycles. The zero-order valence-corrected chi connectivity index (χ0v) is 12.6. The van der Waals surface area contributed by atoms with Crippen LogP contribution in [0.1, 0.15) is 78.1 Å². The van der Waals surface area contributed by atoms with Crippen LogP contribution in [0.3, 0.4) is 0 Å². The van der Waals surface area contributed by atoms with E-state index in [0.717, 1.165) is 19.3 Å². The van der Waals surface area contributed by atoms with Gasteiger partial charge in [0.25, 0.3) is 0 Å². The highest BCUT2D eigenvalue weighted by Gasteiger charge is 2.50. The summed E-state index contributed by atoms with van der Waals surface area (Å²) >= 11 is 0. The molecule has 2 bridgehead atoms. The van der Waals surface area contributed by atoms with E-state index in [9.17, 15) is 4.79 Å². The molecular weight excluding hydrogens is 236 g/mol. The fourth-order valence-electron chi connectivity index (χ4n) is 3.79. The summed E-state index contributed by atoms with van der Waals surface area (Å²) < 4.78 is 5.76. The van der Waals surface area contributed by atoms with Crippen LogP contribution in [0.2, 0.25) is 0 Å². The first kappa shape index (κ1) is 14.6. The van der Waals surface area contributed by atoms with Crippen LogP contribution >= 0.6 is 0 Å². The molecule has 0 aromatic carbocycles. The topological polar surface area (TPSA) is 26.3 Å². The second-order valence-electron chi connectivity index (χ2n) is 6.81. The number of rotatable bonds is 6. The molecule has 0 heterocycles. The molecule has 2 nitrogen and oxygen atoms in total. The van der Waals surface area contributed by atoms with Crippen molar-refractivity contribution in [3.8, 4) is 0 Å². The molecule has 3 aliphatic rings. The first-order valence-corrected chi connectivity index (χ1v) is 7.90. The van der Waals surface area contributed by atoms with Crippen molar-refractivity contribution in [3.63, 3.8) is 0 Å². The summed E-state index contributed by atoms with van der Waals surface area (Å²) in [5.41, 5.74) is 0.953. The molecule has 0 aliphatic heterocycles. The fraction of sp³-hybridized carbons (Fsp3) is 0.824. The van der Waals surface area contributed by atoms with Crippen molar-refractivity contribution >= 4 is 5.97 Å². The number of carbonyl (C=O) groups excluding carboxylic acids is 1. The lowest BCUT2D eigenvalue weighted by atomic mass is 9.57. The number of hydrogen-bond acceptors (Lipinski definition) is 2. The van der Waals surface area contributed by atoms with Crippen molar-refractivity contribution in [3.05, 3.63) is 12.2 Å². The summed E-state index contributed by atoms with van der Waals surface area (Å²) in [4.78, 5) is 11.8. The lowest BCUT2D eigenvalue weighted by Crippen LogP contribution is -2.48. The third kappa shape index (κ3) is 3.21. The predicted molar refractivity (Wildman–Crippen MR) is 77.9 cm³/mol. The SMILES string of the molecule is C=C(C)C(=O)OC12CCC(CCCCC)(CC1)CC2. The minimum Gasteiger partial charge on any atom is -0.456 e. The molecule has 0 saturated heterocycles. The van der Waals surface area contributed by atoms with E-state index >= 15 is 0 Å². The largest absolute Gasteiger partial charge is 0.456 e. The van der Waals surface area contributed by atoms with Crippen molar-refractivity contribution in [2.75, 3.05) is 0 Å². The average Bonchev–Trinajstić information content (AvgIpc) is 2.41. The van der Waals surface area contributed by atoms with Crippen LogP contribution in [0, 0.1) is 5.41 Å². The van der Waals surface area contributed by atoms with Crippen molar-refractivity contribution in [2.24, 2.45) is 5.41 Å². The van der Waals surface area contributed by atoms with Gasteiger partial charge in [0.1, 0.15) is 5.60 Å². The number of carbonyl (C=O) groups is 1. The van der Waals surface area contributed by atoms with Crippen molar-refractivity contribution in [1.82, 2.24) is 0 Å². The van der Waals surface area contributed by atoms with E-state index < -0.39 is 0 Å². The summed E-state index contributed by atoms with van der Waals surface area (Å²) in [6.45, 7) is 7.69.